The van der Waals surface area contributed by atoms with Crippen LogP contribution in [0.5, 0.6) is 0 Å². The Labute approximate surface area is 123 Å². The van der Waals surface area contributed by atoms with Crippen LogP contribution in [0.25, 0.3) is 0 Å². The summed E-state index contributed by atoms with van der Waals surface area (Å²) in [5, 5.41) is 5.32. The van der Waals surface area contributed by atoms with Crippen LogP contribution < -0.4 is 11.1 Å². The number of nitrogens with two attached hydrogens (primary N) is 1. The lowest BCUT2D eigenvalue weighted by atomic mass is 10.1. The normalized spacial score (nSPS) is 12.1. The van der Waals surface area contributed by atoms with Crippen LogP contribution in [-0.2, 0) is 11.2 Å². The molecule has 0 saturated carbocycles. The number of hydrogen-bond donors (Lipinski definition) is 2. The quantitative estimate of drug-likeness (QED) is 0.858. The van der Waals surface area contributed by atoms with Gasteiger partial charge in [-0.2, -0.15) is 0 Å². The molecule has 20 heavy (non-hydrogen) atoms. The molecule has 1 heterocycles. The number of rotatable bonds is 6. The van der Waals surface area contributed by atoms with Gasteiger partial charge in [0.2, 0.25) is 5.91 Å². The summed E-state index contributed by atoms with van der Waals surface area (Å²) >= 11 is 1.41. The SMILES string of the molecule is CC(N)c1csc(NC(=O)CCCc2ccccc2)n1. The molecule has 1 unspecified atom stereocenters. The van der Waals surface area contributed by atoms with E-state index < -0.39 is 0 Å². The van der Waals surface area contributed by atoms with Crippen molar-refractivity contribution < 1.29 is 4.79 Å². The third kappa shape index (κ3) is 4.43. The molecule has 0 bridgehead atoms. The van der Waals surface area contributed by atoms with Gasteiger partial charge < -0.3 is 11.1 Å². The molecule has 1 aromatic carbocycles. The van der Waals surface area contributed by atoms with Gasteiger partial charge in [0.05, 0.1) is 5.69 Å². The van der Waals surface area contributed by atoms with Crippen molar-refractivity contribution in [1.29, 1.82) is 0 Å². The molecule has 0 aliphatic rings. The topological polar surface area (TPSA) is 68.0 Å². The molecule has 0 spiro atoms. The molecule has 2 rings (SSSR count). The number of carbonyl (C=O) groups is 1. The van der Waals surface area contributed by atoms with E-state index in [1.54, 1.807) is 0 Å². The fraction of sp³-hybridized carbons (Fsp3) is 0.333. The van der Waals surface area contributed by atoms with Crippen molar-refractivity contribution in [2.75, 3.05) is 5.32 Å². The van der Waals surface area contributed by atoms with Gasteiger partial charge in [-0.3, -0.25) is 4.79 Å². The third-order valence-corrected chi connectivity index (χ3v) is 3.72. The summed E-state index contributed by atoms with van der Waals surface area (Å²) < 4.78 is 0. The zero-order chi connectivity index (χ0) is 14.4. The van der Waals surface area contributed by atoms with Crippen LogP contribution in [0.3, 0.4) is 0 Å². The number of hydrogen-bond acceptors (Lipinski definition) is 4. The molecule has 1 aromatic heterocycles. The number of nitrogens with one attached hydrogen (secondary N) is 1. The highest BCUT2D eigenvalue weighted by atomic mass is 32.1. The van der Waals surface area contributed by atoms with E-state index in [0.717, 1.165) is 18.5 Å². The number of benzene rings is 1. The maximum Gasteiger partial charge on any atom is 0.226 e. The standard InChI is InChI=1S/C15H19N3OS/c1-11(16)13-10-20-15(17-13)18-14(19)9-5-8-12-6-3-2-4-7-12/h2-4,6-7,10-11H,5,8-9,16H2,1H3,(H,17,18,19). The highest BCUT2D eigenvalue weighted by Crippen LogP contribution is 2.19. The zero-order valence-electron chi connectivity index (χ0n) is 11.5. The van der Waals surface area contributed by atoms with E-state index in [-0.39, 0.29) is 11.9 Å². The maximum atomic E-state index is 11.8. The number of anilines is 1. The molecule has 3 N–H and O–H groups in total. The average molecular weight is 289 g/mol. The molecule has 1 amide bonds. The molecule has 2 aromatic rings. The fourth-order valence-electron chi connectivity index (χ4n) is 1.83. The van der Waals surface area contributed by atoms with Crippen molar-refractivity contribution in [1.82, 2.24) is 4.98 Å². The van der Waals surface area contributed by atoms with Gasteiger partial charge in [0.15, 0.2) is 5.13 Å². The Bertz CT molecular complexity index is 551. The van der Waals surface area contributed by atoms with Crippen molar-refractivity contribution in [2.24, 2.45) is 5.73 Å². The number of nitrogens with zero attached hydrogens (tertiary/aromatic N) is 1. The van der Waals surface area contributed by atoms with Gasteiger partial charge in [-0.05, 0) is 25.3 Å². The van der Waals surface area contributed by atoms with E-state index in [2.05, 4.69) is 22.4 Å². The second-order valence-electron chi connectivity index (χ2n) is 4.75. The molecule has 0 fully saturated rings. The van der Waals surface area contributed by atoms with E-state index in [0.29, 0.717) is 11.6 Å². The van der Waals surface area contributed by atoms with E-state index in [9.17, 15) is 4.79 Å². The largest absolute Gasteiger partial charge is 0.323 e. The minimum Gasteiger partial charge on any atom is -0.323 e. The summed E-state index contributed by atoms with van der Waals surface area (Å²) in [4.78, 5) is 16.1. The minimum atomic E-state index is -0.102. The summed E-state index contributed by atoms with van der Waals surface area (Å²) in [6, 6.07) is 10.1. The Hall–Kier alpha value is -1.72. The molecule has 5 heteroatoms. The van der Waals surface area contributed by atoms with Crippen LogP contribution >= 0.6 is 11.3 Å². The average Bonchev–Trinajstić information content (AvgIpc) is 2.88. The van der Waals surface area contributed by atoms with Crippen molar-refractivity contribution in [2.45, 2.75) is 32.2 Å². The Morgan fingerprint density at radius 3 is 2.80 bits per heavy atom. The molecular weight excluding hydrogens is 270 g/mol. The van der Waals surface area contributed by atoms with Gasteiger partial charge in [-0.1, -0.05) is 30.3 Å². The van der Waals surface area contributed by atoms with E-state index in [1.165, 1.54) is 16.9 Å². The number of thiazole rings is 1. The van der Waals surface area contributed by atoms with Crippen LogP contribution in [0.4, 0.5) is 5.13 Å². The Morgan fingerprint density at radius 2 is 2.15 bits per heavy atom. The van der Waals surface area contributed by atoms with E-state index in [1.807, 2.05) is 30.5 Å². The predicted molar refractivity (Wildman–Crippen MR) is 82.7 cm³/mol. The molecular formula is C15H19N3OS. The summed E-state index contributed by atoms with van der Waals surface area (Å²) in [6.07, 6.45) is 2.25. The van der Waals surface area contributed by atoms with Crippen LogP contribution in [0.2, 0.25) is 0 Å². The second-order valence-corrected chi connectivity index (χ2v) is 5.61. The first-order valence-electron chi connectivity index (χ1n) is 6.70. The highest BCUT2D eigenvalue weighted by molar-refractivity contribution is 7.13. The van der Waals surface area contributed by atoms with E-state index >= 15 is 0 Å². The van der Waals surface area contributed by atoms with Crippen molar-refractivity contribution in [3.63, 3.8) is 0 Å². The van der Waals surface area contributed by atoms with Crippen molar-refractivity contribution in [3.05, 3.63) is 47.0 Å². The maximum absolute atomic E-state index is 11.8. The minimum absolute atomic E-state index is 0.00602. The molecule has 4 nitrogen and oxygen atoms in total. The lowest BCUT2D eigenvalue weighted by molar-refractivity contribution is -0.116. The van der Waals surface area contributed by atoms with Gasteiger partial charge in [0.1, 0.15) is 0 Å². The first-order valence-corrected chi connectivity index (χ1v) is 7.58. The Balaban J connectivity index is 1.75. The summed E-state index contributed by atoms with van der Waals surface area (Å²) in [5.74, 6) is 0.00602. The Morgan fingerprint density at radius 1 is 1.40 bits per heavy atom. The third-order valence-electron chi connectivity index (χ3n) is 2.95. The molecule has 0 radical (unpaired) electrons. The smallest absolute Gasteiger partial charge is 0.226 e. The second kappa shape index (κ2) is 7.17. The predicted octanol–water partition coefficient (Wildman–Crippen LogP) is 3.12. The Kier molecular flexibility index (Phi) is 5.26. The molecule has 0 saturated heterocycles. The molecule has 0 aliphatic heterocycles. The van der Waals surface area contributed by atoms with Gasteiger partial charge in [0.25, 0.3) is 0 Å². The summed E-state index contributed by atoms with van der Waals surface area (Å²) in [7, 11) is 0. The molecule has 106 valence electrons. The number of aromatic nitrogens is 1. The van der Waals surface area contributed by atoms with Crippen molar-refractivity contribution >= 4 is 22.4 Å². The molecule has 0 aliphatic carbocycles. The van der Waals surface area contributed by atoms with Gasteiger partial charge in [0, 0.05) is 17.8 Å². The number of carbonyl (C=O) groups excluding carboxylic acids is 1. The van der Waals surface area contributed by atoms with E-state index in [4.69, 9.17) is 5.73 Å². The lowest BCUT2D eigenvalue weighted by Crippen LogP contribution is -2.12. The first kappa shape index (κ1) is 14.7. The lowest BCUT2D eigenvalue weighted by Gasteiger charge is -2.03. The van der Waals surface area contributed by atoms with Crippen LogP contribution in [0.15, 0.2) is 35.7 Å². The number of amides is 1. The van der Waals surface area contributed by atoms with Crippen LogP contribution in [-0.4, -0.2) is 10.9 Å². The van der Waals surface area contributed by atoms with Gasteiger partial charge in [-0.25, -0.2) is 4.98 Å². The zero-order valence-corrected chi connectivity index (χ0v) is 12.3. The highest BCUT2D eigenvalue weighted by Gasteiger charge is 2.08. The fourth-order valence-corrected chi connectivity index (χ4v) is 2.66. The van der Waals surface area contributed by atoms with Crippen LogP contribution in [0, 0.1) is 0 Å². The number of aryl methyl sites for hydroxylation is 1. The summed E-state index contributed by atoms with van der Waals surface area (Å²) in [6.45, 7) is 1.88. The van der Waals surface area contributed by atoms with Gasteiger partial charge >= 0.3 is 0 Å². The monoisotopic (exact) mass is 289 g/mol. The summed E-state index contributed by atoms with van der Waals surface area (Å²) in [5.41, 5.74) is 7.81. The van der Waals surface area contributed by atoms with Crippen molar-refractivity contribution in [3.8, 4) is 0 Å². The van der Waals surface area contributed by atoms with Crippen LogP contribution in [0.1, 0.15) is 37.1 Å². The first-order chi connectivity index (χ1) is 9.65. The molecule has 1 atom stereocenters. The van der Waals surface area contributed by atoms with Gasteiger partial charge in [-0.15, -0.1) is 11.3 Å².